The van der Waals surface area contributed by atoms with Crippen molar-refractivity contribution in [1.29, 1.82) is 0 Å². The molecule has 1 aromatic carbocycles. The molecule has 2 N–H and O–H groups in total. The van der Waals surface area contributed by atoms with Crippen LogP contribution in [0.25, 0.3) is 11.0 Å². The summed E-state index contributed by atoms with van der Waals surface area (Å²) in [4.78, 5) is 0. The maximum Gasteiger partial charge on any atom is 0.134 e. The van der Waals surface area contributed by atoms with Crippen molar-refractivity contribution < 1.29 is 9.52 Å². The van der Waals surface area contributed by atoms with Gasteiger partial charge < -0.3 is 14.8 Å². The van der Waals surface area contributed by atoms with E-state index in [1.165, 1.54) is 0 Å². The van der Waals surface area contributed by atoms with Gasteiger partial charge in [0, 0.05) is 16.4 Å². The Labute approximate surface area is 134 Å². The van der Waals surface area contributed by atoms with E-state index in [9.17, 15) is 5.11 Å². The molecule has 0 spiro atoms. The number of hydrogen-bond acceptors (Lipinski definition) is 3. The Morgan fingerprint density at radius 2 is 1.95 bits per heavy atom. The van der Waals surface area contributed by atoms with Gasteiger partial charge in [-0.05, 0) is 37.1 Å². The van der Waals surface area contributed by atoms with Gasteiger partial charge in [0.2, 0.25) is 0 Å². The van der Waals surface area contributed by atoms with Crippen LogP contribution in [0.2, 0.25) is 0 Å². The third kappa shape index (κ3) is 4.09. The fourth-order valence-electron chi connectivity index (χ4n) is 2.65. The number of fused-ring (bicyclic) bond motifs is 1. The Hall–Kier alpha value is -0.840. The van der Waals surface area contributed by atoms with Crippen LogP contribution in [0.1, 0.15) is 45.4 Å². The molecule has 1 heterocycles. The Bertz CT molecular complexity index is 577. The summed E-state index contributed by atoms with van der Waals surface area (Å²) in [6.07, 6.45) is 1.71. The third-order valence-corrected chi connectivity index (χ3v) is 4.64. The predicted molar refractivity (Wildman–Crippen MR) is 90.4 cm³/mol. The lowest BCUT2D eigenvalue weighted by atomic mass is 9.96. The maximum atomic E-state index is 10.2. The van der Waals surface area contributed by atoms with Crippen molar-refractivity contribution in [3.05, 3.63) is 34.5 Å². The molecule has 0 aliphatic rings. The van der Waals surface area contributed by atoms with Gasteiger partial charge in [0.05, 0.1) is 12.1 Å². The summed E-state index contributed by atoms with van der Waals surface area (Å²) >= 11 is 3.47. The SMILES string of the molecule is CCC(CC)C(O)CNC(C)c1cc2cc(Br)ccc2o1. The van der Waals surface area contributed by atoms with Crippen LogP contribution in [0.5, 0.6) is 0 Å². The van der Waals surface area contributed by atoms with Crippen LogP contribution in [-0.2, 0) is 0 Å². The zero-order valence-corrected chi connectivity index (χ0v) is 14.5. The Morgan fingerprint density at radius 1 is 1.24 bits per heavy atom. The average Bonchev–Trinajstić information content (AvgIpc) is 2.89. The predicted octanol–water partition coefficient (Wildman–Crippen LogP) is 4.64. The lowest BCUT2D eigenvalue weighted by molar-refractivity contribution is 0.0981. The van der Waals surface area contributed by atoms with Gasteiger partial charge in [0.15, 0.2) is 0 Å². The molecule has 0 fully saturated rings. The summed E-state index contributed by atoms with van der Waals surface area (Å²) in [6.45, 7) is 6.90. The van der Waals surface area contributed by atoms with Crippen molar-refractivity contribution in [3.8, 4) is 0 Å². The molecular weight excluding hydrogens is 330 g/mol. The molecule has 2 aromatic rings. The smallest absolute Gasteiger partial charge is 0.134 e. The lowest BCUT2D eigenvalue weighted by Gasteiger charge is -2.22. The minimum atomic E-state index is -0.305. The quantitative estimate of drug-likeness (QED) is 0.761. The first kappa shape index (κ1) is 16.5. The monoisotopic (exact) mass is 353 g/mol. The number of aliphatic hydroxyl groups excluding tert-OH is 1. The van der Waals surface area contributed by atoms with E-state index in [1.807, 2.05) is 18.2 Å². The highest BCUT2D eigenvalue weighted by molar-refractivity contribution is 9.10. The molecule has 0 aliphatic carbocycles. The molecule has 2 rings (SSSR count). The normalized spacial score (nSPS) is 14.8. The number of nitrogens with one attached hydrogen (secondary N) is 1. The minimum Gasteiger partial charge on any atom is -0.459 e. The van der Waals surface area contributed by atoms with E-state index in [4.69, 9.17) is 4.42 Å². The van der Waals surface area contributed by atoms with Crippen LogP contribution in [0, 0.1) is 5.92 Å². The largest absolute Gasteiger partial charge is 0.459 e. The first-order chi connectivity index (χ1) is 10.0. The van der Waals surface area contributed by atoms with E-state index < -0.39 is 0 Å². The topological polar surface area (TPSA) is 45.4 Å². The van der Waals surface area contributed by atoms with Gasteiger partial charge in [-0.1, -0.05) is 42.6 Å². The third-order valence-electron chi connectivity index (χ3n) is 4.15. The number of benzene rings is 1. The second-order valence-electron chi connectivity index (χ2n) is 5.60. The van der Waals surface area contributed by atoms with E-state index in [1.54, 1.807) is 0 Å². The molecule has 116 valence electrons. The van der Waals surface area contributed by atoms with Gasteiger partial charge in [0.25, 0.3) is 0 Å². The van der Waals surface area contributed by atoms with E-state index in [0.717, 1.165) is 34.0 Å². The van der Waals surface area contributed by atoms with Crippen LogP contribution in [0.3, 0.4) is 0 Å². The van der Waals surface area contributed by atoms with Crippen molar-refractivity contribution in [1.82, 2.24) is 5.32 Å². The molecule has 0 saturated carbocycles. The number of furan rings is 1. The second-order valence-corrected chi connectivity index (χ2v) is 6.52. The van der Waals surface area contributed by atoms with E-state index in [-0.39, 0.29) is 12.1 Å². The fraction of sp³-hybridized carbons (Fsp3) is 0.529. The van der Waals surface area contributed by atoms with Crippen molar-refractivity contribution in [2.45, 2.75) is 45.8 Å². The summed E-state index contributed by atoms with van der Waals surface area (Å²) < 4.78 is 6.91. The molecule has 3 nitrogen and oxygen atoms in total. The summed E-state index contributed by atoms with van der Waals surface area (Å²) in [5, 5.41) is 14.6. The zero-order valence-electron chi connectivity index (χ0n) is 12.9. The van der Waals surface area contributed by atoms with Gasteiger partial charge in [-0.15, -0.1) is 0 Å². The van der Waals surface area contributed by atoms with E-state index in [2.05, 4.69) is 48.1 Å². The molecule has 4 heteroatoms. The molecule has 1 aromatic heterocycles. The van der Waals surface area contributed by atoms with Gasteiger partial charge >= 0.3 is 0 Å². The Kier molecular flexibility index (Phi) is 5.85. The summed E-state index contributed by atoms with van der Waals surface area (Å²) in [5.41, 5.74) is 0.891. The fourth-order valence-corrected chi connectivity index (χ4v) is 3.02. The number of aliphatic hydroxyl groups is 1. The summed E-state index contributed by atoms with van der Waals surface area (Å²) in [5.74, 6) is 1.26. The average molecular weight is 354 g/mol. The molecule has 0 saturated heterocycles. The Morgan fingerprint density at radius 3 is 2.62 bits per heavy atom. The highest BCUT2D eigenvalue weighted by Crippen LogP contribution is 2.26. The highest BCUT2D eigenvalue weighted by Gasteiger charge is 2.18. The van der Waals surface area contributed by atoms with Gasteiger partial charge in [-0.2, -0.15) is 0 Å². The number of hydrogen-bond donors (Lipinski definition) is 2. The number of halogens is 1. The van der Waals surface area contributed by atoms with Gasteiger partial charge in [0.1, 0.15) is 11.3 Å². The summed E-state index contributed by atoms with van der Waals surface area (Å²) in [7, 11) is 0. The van der Waals surface area contributed by atoms with Crippen molar-refractivity contribution in [3.63, 3.8) is 0 Å². The molecule has 21 heavy (non-hydrogen) atoms. The van der Waals surface area contributed by atoms with Crippen molar-refractivity contribution in [2.75, 3.05) is 6.54 Å². The van der Waals surface area contributed by atoms with Crippen LogP contribution in [0.4, 0.5) is 0 Å². The van der Waals surface area contributed by atoms with Crippen LogP contribution in [0.15, 0.2) is 33.2 Å². The first-order valence-corrected chi connectivity index (χ1v) is 8.44. The molecule has 0 radical (unpaired) electrons. The molecule has 0 amide bonds. The van der Waals surface area contributed by atoms with Crippen LogP contribution >= 0.6 is 15.9 Å². The van der Waals surface area contributed by atoms with Gasteiger partial charge in [-0.3, -0.25) is 0 Å². The van der Waals surface area contributed by atoms with Gasteiger partial charge in [-0.25, -0.2) is 0 Å². The van der Waals surface area contributed by atoms with E-state index in [0.29, 0.717) is 12.5 Å². The van der Waals surface area contributed by atoms with Crippen molar-refractivity contribution in [2.24, 2.45) is 5.92 Å². The zero-order chi connectivity index (χ0) is 15.4. The van der Waals surface area contributed by atoms with Crippen LogP contribution < -0.4 is 5.32 Å². The first-order valence-electron chi connectivity index (χ1n) is 7.65. The van der Waals surface area contributed by atoms with Crippen LogP contribution in [-0.4, -0.2) is 17.8 Å². The molecule has 0 bridgehead atoms. The summed E-state index contributed by atoms with van der Waals surface area (Å²) in [6, 6.07) is 8.13. The highest BCUT2D eigenvalue weighted by atomic mass is 79.9. The van der Waals surface area contributed by atoms with Crippen molar-refractivity contribution >= 4 is 26.9 Å². The second kappa shape index (κ2) is 7.43. The number of rotatable bonds is 7. The molecule has 0 aliphatic heterocycles. The molecule has 2 unspecified atom stereocenters. The lowest BCUT2D eigenvalue weighted by Crippen LogP contribution is -2.33. The standard InChI is InChI=1S/C17H24BrNO2/c1-4-12(5-2)15(20)10-19-11(3)17-9-13-8-14(18)6-7-16(13)21-17/h6-9,11-12,15,19-20H,4-5,10H2,1-3H3. The molecule has 2 atom stereocenters. The maximum absolute atomic E-state index is 10.2. The minimum absolute atomic E-state index is 0.0835. The Balaban J connectivity index is 2.00. The molecular formula is C17H24BrNO2. The van der Waals surface area contributed by atoms with E-state index >= 15 is 0 Å².